The average Bonchev–Trinajstić information content (AvgIpc) is 2.72. The molecule has 172 valence electrons. The van der Waals surface area contributed by atoms with Gasteiger partial charge >= 0.3 is 12.1 Å². The first kappa shape index (κ1) is 23.5. The molecule has 2 saturated heterocycles. The molecular weight excluding hydrogens is 401 g/mol. The van der Waals surface area contributed by atoms with Gasteiger partial charge in [-0.15, -0.1) is 0 Å². The van der Waals surface area contributed by atoms with Gasteiger partial charge in [0.1, 0.15) is 17.5 Å². The number of benzene rings is 1. The van der Waals surface area contributed by atoms with Gasteiger partial charge in [0.2, 0.25) is 0 Å². The summed E-state index contributed by atoms with van der Waals surface area (Å²) >= 11 is 0. The first-order valence-corrected chi connectivity index (χ1v) is 11.0. The van der Waals surface area contributed by atoms with Crippen LogP contribution in [-0.2, 0) is 14.3 Å². The molecular formula is C23H34FN3O4. The van der Waals surface area contributed by atoms with E-state index in [9.17, 15) is 14.0 Å². The van der Waals surface area contributed by atoms with Gasteiger partial charge in [0.25, 0.3) is 0 Å². The number of nitrogens with one attached hydrogen (secondary N) is 2. The van der Waals surface area contributed by atoms with Gasteiger partial charge in [-0.1, -0.05) is 12.1 Å². The molecule has 2 N–H and O–H groups in total. The molecule has 2 aliphatic heterocycles. The Balaban J connectivity index is 1.59. The molecule has 3 atom stereocenters. The second-order valence-corrected chi connectivity index (χ2v) is 9.41. The van der Waals surface area contributed by atoms with Crippen molar-refractivity contribution in [3.05, 3.63) is 35.6 Å². The number of amides is 1. The maximum Gasteiger partial charge on any atom is 0.407 e. The van der Waals surface area contributed by atoms with Crippen LogP contribution in [0.1, 0.15) is 51.5 Å². The molecule has 7 nitrogen and oxygen atoms in total. The number of carbonyl (C=O) groups is 2. The van der Waals surface area contributed by atoms with Crippen molar-refractivity contribution in [1.29, 1.82) is 0 Å². The quantitative estimate of drug-likeness (QED) is 0.708. The molecule has 2 fully saturated rings. The molecule has 0 saturated carbocycles. The van der Waals surface area contributed by atoms with E-state index in [0.29, 0.717) is 6.54 Å². The zero-order valence-corrected chi connectivity index (χ0v) is 18.8. The maximum absolute atomic E-state index is 13.4. The topological polar surface area (TPSA) is 79.9 Å². The number of hydrogen-bond acceptors (Lipinski definition) is 6. The van der Waals surface area contributed by atoms with Gasteiger partial charge in [0, 0.05) is 37.6 Å². The fourth-order valence-corrected chi connectivity index (χ4v) is 4.49. The SMILES string of the molecule is COC(=O)C1NCC(N2CCC(NC(=O)OC(C)(C)C)CC2)CC1c1ccc(F)cc1. The molecule has 31 heavy (non-hydrogen) atoms. The third kappa shape index (κ3) is 6.40. The van der Waals surface area contributed by atoms with Crippen molar-refractivity contribution in [2.75, 3.05) is 26.7 Å². The molecule has 2 aliphatic rings. The van der Waals surface area contributed by atoms with Gasteiger partial charge in [-0.05, 0) is 57.7 Å². The van der Waals surface area contributed by atoms with Gasteiger partial charge in [-0.25, -0.2) is 9.18 Å². The molecule has 0 radical (unpaired) electrons. The fourth-order valence-electron chi connectivity index (χ4n) is 4.49. The number of alkyl carbamates (subject to hydrolysis) is 1. The minimum absolute atomic E-state index is 0.0931. The van der Waals surface area contributed by atoms with E-state index < -0.39 is 11.6 Å². The molecule has 0 spiro atoms. The predicted molar refractivity (Wildman–Crippen MR) is 115 cm³/mol. The van der Waals surface area contributed by atoms with Crippen molar-refractivity contribution in [2.24, 2.45) is 0 Å². The lowest BCUT2D eigenvalue weighted by Crippen LogP contribution is -2.58. The first-order chi connectivity index (χ1) is 14.7. The number of halogens is 1. The number of piperidine rings is 2. The van der Waals surface area contributed by atoms with Crippen molar-refractivity contribution >= 4 is 12.1 Å². The molecule has 0 bridgehead atoms. The normalized spacial score (nSPS) is 25.6. The summed E-state index contributed by atoms with van der Waals surface area (Å²) in [5.41, 5.74) is 0.417. The molecule has 1 amide bonds. The van der Waals surface area contributed by atoms with Crippen LogP contribution < -0.4 is 10.6 Å². The number of rotatable bonds is 4. The first-order valence-electron chi connectivity index (χ1n) is 11.0. The van der Waals surface area contributed by atoms with Gasteiger partial charge < -0.3 is 20.1 Å². The van der Waals surface area contributed by atoms with Gasteiger partial charge in [0.05, 0.1) is 7.11 Å². The lowest BCUT2D eigenvalue weighted by atomic mass is 9.81. The number of carbonyl (C=O) groups excluding carboxylic acids is 2. The summed E-state index contributed by atoms with van der Waals surface area (Å²) < 4.78 is 23.8. The molecule has 0 aliphatic carbocycles. The van der Waals surface area contributed by atoms with Crippen LogP contribution in [0.2, 0.25) is 0 Å². The van der Waals surface area contributed by atoms with E-state index in [-0.39, 0.29) is 35.9 Å². The Kier molecular flexibility index (Phi) is 7.54. The zero-order valence-electron chi connectivity index (χ0n) is 18.8. The number of esters is 1. The summed E-state index contributed by atoms with van der Waals surface area (Å²) in [4.78, 5) is 26.8. The van der Waals surface area contributed by atoms with Crippen LogP contribution in [0.15, 0.2) is 24.3 Å². The number of nitrogens with zero attached hydrogens (tertiary/aromatic N) is 1. The Bertz CT molecular complexity index is 757. The van der Waals surface area contributed by atoms with Crippen molar-refractivity contribution in [3.8, 4) is 0 Å². The zero-order chi connectivity index (χ0) is 22.6. The van der Waals surface area contributed by atoms with Crippen molar-refractivity contribution < 1.29 is 23.5 Å². The molecule has 3 rings (SSSR count). The Morgan fingerprint density at radius 2 is 1.81 bits per heavy atom. The van der Waals surface area contributed by atoms with Crippen LogP contribution in [0, 0.1) is 5.82 Å². The molecule has 3 unspecified atom stereocenters. The fraction of sp³-hybridized carbons (Fsp3) is 0.652. The highest BCUT2D eigenvalue weighted by molar-refractivity contribution is 5.77. The van der Waals surface area contributed by atoms with Crippen molar-refractivity contribution in [3.63, 3.8) is 0 Å². The van der Waals surface area contributed by atoms with Gasteiger partial charge in [0.15, 0.2) is 0 Å². The van der Waals surface area contributed by atoms with Crippen LogP contribution in [0.25, 0.3) is 0 Å². The number of likely N-dealkylation sites (tertiary alicyclic amines) is 1. The highest BCUT2D eigenvalue weighted by Gasteiger charge is 2.39. The van der Waals surface area contributed by atoms with Crippen LogP contribution >= 0.6 is 0 Å². The second kappa shape index (κ2) is 9.96. The van der Waals surface area contributed by atoms with Crippen molar-refractivity contribution in [2.45, 2.75) is 69.7 Å². The standard InChI is InChI=1S/C23H34FN3O4/c1-23(2,3)31-22(29)26-17-9-11-27(12-10-17)18-13-19(15-5-7-16(24)8-6-15)20(25-14-18)21(28)30-4/h5-8,17-20,25H,9-14H2,1-4H3,(H,26,29). The van der Waals surface area contributed by atoms with E-state index in [1.165, 1.54) is 19.2 Å². The minimum atomic E-state index is -0.510. The van der Waals surface area contributed by atoms with E-state index >= 15 is 0 Å². The summed E-state index contributed by atoms with van der Waals surface area (Å²) in [7, 11) is 1.39. The summed E-state index contributed by atoms with van der Waals surface area (Å²) in [6.07, 6.45) is 2.10. The Morgan fingerprint density at radius 1 is 1.16 bits per heavy atom. The Hall–Kier alpha value is -2.19. The van der Waals surface area contributed by atoms with Crippen LogP contribution in [0.4, 0.5) is 9.18 Å². The third-order valence-electron chi connectivity index (χ3n) is 6.02. The molecule has 8 heteroatoms. The second-order valence-electron chi connectivity index (χ2n) is 9.41. The Labute approximate surface area is 183 Å². The third-order valence-corrected chi connectivity index (χ3v) is 6.02. The largest absolute Gasteiger partial charge is 0.468 e. The summed E-state index contributed by atoms with van der Waals surface area (Å²) in [6, 6.07) is 6.26. The monoisotopic (exact) mass is 435 g/mol. The highest BCUT2D eigenvalue weighted by Crippen LogP contribution is 2.32. The van der Waals surface area contributed by atoms with Crippen LogP contribution in [-0.4, -0.2) is 67.4 Å². The lowest BCUT2D eigenvalue weighted by Gasteiger charge is -2.43. The van der Waals surface area contributed by atoms with Crippen LogP contribution in [0.3, 0.4) is 0 Å². The van der Waals surface area contributed by atoms with E-state index in [1.54, 1.807) is 12.1 Å². The van der Waals surface area contributed by atoms with Gasteiger partial charge in [-0.3, -0.25) is 9.69 Å². The van der Waals surface area contributed by atoms with Gasteiger partial charge in [-0.2, -0.15) is 0 Å². The molecule has 2 heterocycles. The van der Waals surface area contributed by atoms with Crippen LogP contribution in [0.5, 0.6) is 0 Å². The number of hydrogen-bond donors (Lipinski definition) is 2. The summed E-state index contributed by atoms with van der Waals surface area (Å²) in [6.45, 7) is 7.94. The van der Waals surface area contributed by atoms with E-state index in [1.807, 2.05) is 20.8 Å². The molecule has 1 aromatic carbocycles. The number of methoxy groups -OCH3 is 1. The van der Waals surface area contributed by atoms with E-state index in [4.69, 9.17) is 9.47 Å². The minimum Gasteiger partial charge on any atom is -0.468 e. The summed E-state index contributed by atoms with van der Waals surface area (Å²) in [5, 5.41) is 6.32. The average molecular weight is 436 g/mol. The maximum atomic E-state index is 13.4. The van der Waals surface area contributed by atoms with Crippen molar-refractivity contribution in [1.82, 2.24) is 15.5 Å². The smallest absolute Gasteiger partial charge is 0.407 e. The molecule has 1 aromatic rings. The van der Waals surface area contributed by atoms with E-state index in [2.05, 4.69) is 15.5 Å². The lowest BCUT2D eigenvalue weighted by molar-refractivity contribution is -0.144. The Morgan fingerprint density at radius 3 is 2.39 bits per heavy atom. The van der Waals surface area contributed by atoms with E-state index in [0.717, 1.165) is 37.9 Å². The number of ether oxygens (including phenoxy) is 2. The highest BCUT2D eigenvalue weighted by atomic mass is 19.1. The molecule has 0 aromatic heterocycles. The predicted octanol–water partition coefficient (Wildman–Crippen LogP) is 2.80. The summed E-state index contributed by atoms with van der Waals surface area (Å²) in [5.74, 6) is -0.685.